The fourth-order valence-corrected chi connectivity index (χ4v) is 3.00. The highest BCUT2D eigenvalue weighted by atomic mass is 16.2. The van der Waals surface area contributed by atoms with Crippen molar-refractivity contribution in [3.05, 3.63) is 59.2 Å². The van der Waals surface area contributed by atoms with Gasteiger partial charge < -0.3 is 9.47 Å². The second kappa shape index (κ2) is 7.43. The first-order chi connectivity index (χ1) is 11.6. The molecular weight excluding hydrogens is 300 g/mol. The lowest BCUT2D eigenvalue weighted by molar-refractivity contribution is -0.125. The van der Waals surface area contributed by atoms with Gasteiger partial charge in [0.15, 0.2) is 5.82 Å². The number of aromatic nitrogens is 3. The summed E-state index contributed by atoms with van der Waals surface area (Å²) in [5.74, 6) is 1.95. The summed E-state index contributed by atoms with van der Waals surface area (Å²) in [7, 11) is 1.82. The number of hydrogen-bond donors (Lipinski definition) is 0. The van der Waals surface area contributed by atoms with Gasteiger partial charge in [-0.15, -0.1) is 10.2 Å². The number of likely N-dealkylation sites (N-methyl/N-ethyl adjacent to an activating group) is 1. The first-order valence-corrected chi connectivity index (χ1v) is 8.50. The Bertz CT molecular complexity index is 733. The van der Waals surface area contributed by atoms with Gasteiger partial charge >= 0.3 is 0 Å². The third-order valence-corrected chi connectivity index (χ3v) is 4.46. The van der Waals surface area contributed by atoms with E-state index >= 15 is 0 Å². The van der Waals surface area contributed by atoms with Crippen LogP contribution in [0.15, 0.2) is 42.0 Å². The van der Waals surface area contributed by atoms with E-state index in [9.17, 15) is 4.79 Å². The van der Waals surface area contributed by atoms with Crippen LogP contribution < -0.4 is 0 Å². The first kappa shape index (κ1) is 16.4. The van der Waals surface area contributed by atoms with Gasteiger partial charge in [0.1, 0.15) is 5.82 Å². The van der Waals surface area contributed by atoms with Crippen LogP contribution in [0.25, 0.3) is 0 Å². The molecule has 1 aromatic carbocycles. The molecule has 0 spiro atoms. The summed E-state index contributed by atoms with van der Waals surface area (Å²) in [6.45, 7) is 3.49. The number of amides is 1. The molecule has 5 heteroatoms. The van der Waals surface area contributed by atoms with Gasteiger partial charge in [-0.1, -0.05) is 35.9 Å². The molecule has 3 rings (SSSR count). The van der Waals surface area contributed by atoms with Crippen molar-refractivity contribution < 1.29 is 4.79 Å². The van der Waals surface area contributed by atoms with Gasteiger partial charge in [0, 0.05) is 26.1 Å². The number of hydrogen-bond acceptors (Lipinski definition) is 3. The Hall–Kier alpha value is -2.43. The Morgan fingerprint density at radius 2 is 2.08 bits per heavy atom. The van der Waals surface area contributed by atoms with Crippen molar-refractivity contribution in [3.8, 4) is 0 Å². The maximum Gasteiger partial charge on any atom is 0.246 e. The average molecular weight is 324 g/mol. The molecule has 0 atom stereocenters. The zero-order chi connectivity index (χ0) is 16.9. The molecule has 0 unspecified atom stereocenters. The van der Waals surface area contributed by atoms with Crippen LogP contribution in [0.2, 0.25) is 0 Å². The zero-order valence-electron chi connectivity index (χ0n) is 14.4. The minimum atomic E-state index is 0.0240. The molecule has 1 aliphatic rings. The SMILES string of the molecule is C/C(=C/C(=O)N(C)Cc1nnc2n1CCC2)CCc1ccccc1. The van der Waals surface area contributed by atoms with Crippen LogP contribution >= 0.6 is 0 Å². The summed E-state index contributed by atoms with van der Waals surface area (Å²) in [5.41, 5.74) is 2.40. The van der Waals surface area contributed by atoms with Gasteiger partial charge in [0.25, 0.3) is 0 Å². The molecule has 0 fully saturated rings. The minimum absolute atomic E-state index is 0.0240. The predicted octanol–water partition coefficient (Wildman–Crippen LogP) is 2.76. The van der Waals surface area contributed by atoms with Gasteiger partial charge in [-0.3, -0.25) is 4.79 Å². The number of aryl methyl sites for hydroxylation is 2. The Labute approximate surface area is 143 Å². The fraction of sp³-hybridized carbons (Fsp3) is 0.421. The normalized spacial score (nSPS) is 13.8. The molecule has 0 N–H and O–H groups in total. The van der Waals surface area contributed by atoms with Gasteiger partial charge in [0.05, 0.1) is 6.54 Å². The summed E-state index contributed by atoms with van der Waals surface area (Å²) in [4.78, 5) is 14.1. The molecule has 2 aromatic rings. The molecule has 1 amide bonds. The molecule has 0 bridgehead atoms. The number of benzene rings is 1. The molecule has 1 aromatic heterocycles. The van der Waals surface area contributed by atoms with E-state index in [4.69, 9.17) is 0 Å². The summed E-state index contributed by atoms with van der Waals surface area (Å²) in [6, 6.07) is 10.3. The number of rotatable bonds is 6. The summed E-state index contributed by atoms with van der Waals surface area (Å²) < 4.78 is 2.13. The minimum Gasteiger partial charge on any atom is -0.335 e. The standard InChI is InChI=1S/C19H24N4O/c1-15(10-11-16-7-4-3-5-8-16)13-19(24)22(2)14-18-21-20-17-9-6-12-23(17)18/h3-5,7-8,13H,6,9-12,14H2,1-2H3/b15-13-. The van der Waals surface area contributed by atoms with E-state index in [2.05, 4.69) is 26.9 Å². The van der Waals surface area contributed by atoms with Gasteiger partial charge in [-0.2, -0.15) is 0 Å². The lowest BCUT2D eigenvalue weighted by atomic mass is 10.1. The lowest BCUT2D eigenvalue weighted by Gasteiger charge is -2.15. The molecule has 24 heavy (non-hydrogen) atoms. The van der Waals surface area contributed by atoms with Crippen LogP contribution in [0.5, 0.6) is 0 Å². The van der Waals surface area contributed by atoms with E-state index in [1.54, 1.807) is 11.0 Å². The Kier molecular flexibility index (Phi) is 5.08. The quantitative estimate of drug-likeness (QED) is 0.768. The van der Waals surface area contributed by atoms with E-state index < -0.39 is 0 Å². The maximum absolute atomic E-state index is 12.4. The van der Waals surface area contributed by atoms with Crippen molar-refractivity contribution >= 4 is 5.91 Å². The number of carbonyl (C=O) groups is 1. The van der Waals surface area contributed by atoms with E-state index in [1.165, 1.54) is 5.56 Å². The summed E-state index contributed by atoms with van der Waals surface area (Å²) >= 11 is 0. The van der Waals surface area contributed by atoms with Gasteiger partial charge in [-0.25, -0.2) is 0 Å². The third-order valence-electron chi connectivity index (χ3n) is 4.46. The van der Waals surface area contributed by atoms with Crippen molar-refractivity contribution in [3.63, 3.8) is 0 Å². The first-order valence-electron chi connectivity index (χ1n) is 8.50. The number of carbonyl (C=O) groups excluding carboxylic acids is 1. The summed E-state index contributed by atoms with van der Waals surface area (Å²) in [6.07, 6.45) is 5.70. The number of allylic oxidation sites excluding steroid dienone is 1. The lowest BCUT2D eigenvalue weighted by Crippen LogP contribution is -2.26. The van der Waals surface area contributed by atoms with Crippen LogP contribution in [0.4, 0.5) is 0 Å². The molecule has 2 heterocycles. The third kappa shape index (κ3) is 3.91. The Morgan fingerprint density at radius 3 is 2.88 bits per heavy atom. The van der Waals surface area contributed by atoms with Crippen LogP contribution in [-0.4, -0.2) is 32.6 Å². The highest BCUT2D eigenvalue weighted by Gasteiger charge is 2.19. The van der Waals surface area contributed by atoms with E-state index in [1.807, 2.05) is 32.2 Å². The second-order valence-corrected chi connectivity index (χ2v) is 6.46. The van der Waals surface area contributed by atoms with Crippen LogP contribution in [0.3, 0.4) is 0 Å². The maximum atomic E-state index is 12.4. The molecule has 0 saturated carbocycles. The van der Waals surface area contributed by atoms with Crippen molar-refractivity contribution in [1.29, 1.82) is 0 Å². The molecule has 5 nitrogen and oxygen atoms in total. The van der Waals surface area contributed by atoms with Crippen molar-refractivity contribution in [2.24, 2.45) is 0 Å². The monoisotopic (exact) mass is 324 g/mol. The van der Waals surface area contributed by atoms with Gasteiger partial charge in [-0.05, 0) is 31.7 Å². The number of nitrogens with zero attached hydrogens (tertiary/aromatic N) is 4. The highest BCUT2D eigenvalue weighted by molar-refractivity contribution is 5.87. The molecule has 0 radical (unpaired) electrons. The smallest absolute Gasteiger partial charge is 0.246 e. The summed E-state index contributed by atoms with van der Waals surface area (Å²) in [5, 5.41) is 8.41. The zero-order valence-corrected chi connectivity index (χ0v) is 14.4. The second-order valence-electron chi connectivity index (χ2n) is 6.46. The van der Waals surface area contributed by atoms with Gasteiger partial charge in [0.2, 0.25) is 5.91 Å². The topological polar surface area (TPSA) is 51.0 Å². The highest BCUT2D eigenvalue weighted by Crippen LogP contribution is 2.15. The predicted molar refractivity (Wildman–Crippen MR) is 93.3 cm³/mol. The van der Waals surface area contributed by atoms with E-state index in [0.717, 1.165) is 49.4 Å². The Balaban J connectivity index is 1.54. The average Bonchev–Trinajstić information content (AvgIpc) is 3.19. The van der Waals surface area contributed by atoms with Crippen molar-refractivity contribution in [2.75, 3.05) is 7.05 Å². The molecule has 1 aliphatic heterocycles. The van der Waals surface area contributed by atoms with E-state index in [-0.39, 0.29) is 5.91 Å². The fourth-order valence-electron chi connectivity index (χ4n) is 3.00. The molecule has 0 saturated heterocycles. The van der Waals surface area contributed by atoms with Crippen LogP contribution in [-0.2, 0) is 30.7 Å². The molecule has 126 valence electrons. The van der Waals surface area contributed by atoms with Crippen molar-refractivity contribution in [1.82, 2.24) is 19.7 Å². The van der Waals surface area contributed by atoms with Crippen LogP contribution in [0, 0.1) is 0 Å². The molecule has 0 aliphatic carbocycles. The van der Waals surface area contributed by atoms with Crippen LogP contribution in [0.1, 0.15) is 37.0 Å². The van der Waals surface area contributed by atoms with E-state index in [0.29, 0.717) is 6.54 Å². The number of fused-ring (bicyclic) bond motifs is 1. The Morgan fingerprint density at radius 1 is 1.29 bits per heavy atom. The van der Waals surface area contributed by atoms with Crippen molar-refractivity contribution in [2.45, 2.75) is 45.7 Å². The largest absolute Gasteiger partial charge is 0.335 e. The molecular formula is C19H24N4O.